The van der Waals surface area contributed by atoms with Crippen LogP contribution in [0.15, 0.2) is 23.1 Å². The van der Waals surface area contributed by atoms with Gasteiger partial charge in [0.05, 0.1) is 5.02 Å². The van der Waals surface area contributed by atoms with Gasteiger partial charge in [-0.3, -0.25) is 0 Å². The fraction of sp³-hybridized carbons (Fsp3) is 0.400. The van der Waals surface area contributed by atoms with Crippen molar-refractivity contribution in [3.63, 3.8) is 0 Å². The van der Waals surface area contributed by atoms with Crippen LogP contribution >= 0.6 is 11.6 Å². The predicted octanol–water partition coefficient (Wildman–Crippen LogP) is 1.53. The van der Waals surface area contributed by atoms with Gasteiger partial charge in [-0.2, -0.15) is 0 Å². The molecule has 1 aromatic rings. The highest BCUT2D eigenvalue weighted by Gasteiger charge is 2.17. The van der Waals surface area contributed by atoms with Crippen LogP contribution in [-0.2, 0) is 10.0 Å². The first-order valence-electron chi connectivity index (χ1n) is 5.03. The lowest BCUT2D eigenvalue weighted by atomic mass is 10.3. The van der Waals surface area contributed by atoms with E-state index in [0.29, 0.717) is 12.8 Å². The number of halogens is 2. The van der Waals surface area contributed by atoms with E-state index in [9.17, 15) is 12.8 Å². The van der Waals surface area contributed by atoms with Gasteiger partial charge in [-0.25, -0.2) is 17.5 Å². The number of aliphatic hydroxyl groups excluding tert-OH is 1. The van der Waals surface area contributed by atoms with E-state index >= 15 is 0 Å². The van der Waals surface area contributed by atoms with Gasteiger partial charge in [-0.05, 0) is 31.0 Å². The zero-order valence-corrected chi connectivity index (χ0v) is 10.6. The maximum Gasteiger partial charge on any atom is 0.242 e. The highest BCUT2D eigenvalue weighted by molar-refractivity contribution is 7.89. The molecule has 0 aliphatic carbocycles. The molecule has 0 aliphatic heterocycles. The first-order chi connectivity index (χ1) is 7.97. The van der Waals surface area contributed by atoms with Gasteiger partial charge in [0.15, 0.2) is 0 Å². The summed E-state index contributed by atoms with van der Waals surface area (Å²) in [4.78, 5) is -0.149. The van der Waals surface area contributed by atoms with Gasteiger partial charge in [0.1, 0.15) is 10.7 Å². The third-order valence-electron chi connectivity index (χ3n) is 2.06. The maximum atomic E-state index is 12.8. The Balaban J connectivity index is 2.76. The Hall–Kier alpha value is -0.690. The lowest BCUT2D eigenvalue weighted by Gasteiger charge is -2.07. The molecule has 0 saturated carbocycles. The van der Waals surface area contributed by atoms with Crippen molar-refractivity contribution in [3.8, 4) is 0 Å². The molecule has 0 atom stereocenters. The van der Waals surface area contributed by atoms with Gasteiger partial charge in [-0.15, -0.1) is 0 Å². The van der Waals surface area contributed by atoms with Crippen molar-refractivity contribution in [1.29, 1.82) is 0 Å². The van der Waals surface area contributed by atoms with Gasteiger partial charge in [0, 0.05) is 13.2 Å². The molecule has 0 aromatic heterocycles. The normalized spacial score (nSPS) is 11.7. The average Bonchev–Trinajstić information content (AvgIpc) is 2.24. The summed E-state index contributed by atoms with van der Waals surface area (Å²) in [5, 5.41) is 8.39. The molecule has 0 bridgehead atoms. The van der Waals surface area contributed by atoms with E-state index in [2.05, 4.69) is 4.72 Å². The second-order valence-electron chi connectivity index (χ2n) is 3.40. The van der Waals surface area contributed by atoms with E-state index in [-0.39, 0.29) is 23.1 Å². The van der Waals surface area contributed by atoms with Crippen molar-refractivity contribution in [1.82, 2.24) is 4.72 Å². The molecule has 2 N–H and O–H groups in total. The molecular formula is C10H13ClFNO3S. The number of benzene rings is 1. The first-order valence-corrected chi connectivity index (χ1v) is 6.89. The third-order valence-corrected chi connectivity index (χ3v) is 4.00. The number of sulfonamides is 1. The highest BCUT2D eigenvalue weighted by Crippen LogP contribution is 2.21. The Labute approximate surface area is 104 Å². The summed E-state index contributed by atoms with van der Waals surface area (Å²) in [6, 6.07) is 3.10. The van der Waals surface area contributed by atoms with Crippen LogP contribution in [0.4, 0.5) is 4.39 Å². The van der Waals surface area contributed by atoms with Crippen LogP contribution in [-0.4, -0.2) is 26.7 Å². The summed E-state index contributed by atoms with van der Waals surface area (Å²) in [5.41, 5.74) is 0. The molecule has 0 unspecified atom stereocenters. The van der Waals surface area contributed by atoms with E-state index in [1.165, 1.54) is 0 Å². The lowest BCUT2D eigenvalue weighted by molar-refractivity contribution is 0.285. The van der Waals surface area contributed by atoms with Crippen molar-refractivity contribution in [3.05, 3.63) is 29.0 Å². The largest absolute Gasteiger partial charge is 0.396 e. The minimum absolute atomic E-state index is 0.0129. The summed E-state index contributed by atoms with van der Waals surface area (Å²) in [6.07, 6.45) is 1.04. The summed E-state index contributed by atoms with van der Waals surface area (Å²) < 4.78 is 38.6. The third kappa shape index (κ3) is 4.23. The second-order valence-corrected chi connectivity index (χ2v) is 5.55. The Morgan fingerprint density at radius 3 is 2.65 bits per heavy atom. The van der Waals surface area contributed by atoms with Crippen LogP contribution in [0.25, 0.3) is 0 Å². The van der Waals surface area contributed by atoms with Crippen molar-refractivity contribution < 1.29 is 17.9 Å². The molecule has 7 heteroatoms. The van der Waals surface area contributed by atoms with Crippen LogP contribution < -0.4 is 4.72 Å². The van der Waals surface area contributed by atoms with Crippen molar-refractivity contribution in [2.24, 2.45) is 0 Å². The fourth-order valence-corrected chi connectivity index (χ4v) is 2.82. The molecular weight excluding hydrogens is 269 g/mol. The van der Waals surface area contributed by atoms with E-state index in [4.69, 9.17) is 16.7 Å². The zero-order chi connectivity index (χ0) is 12.9. The topological polar surface area (TPSA) is 66.4 Å². The molecule has 17 heavy (non-hydrogen) atoms. The molecule has 0 fully saturated rings. The van der Waals surface area contributed by atoms with Crippen LogP contribution in [0.5, 0.6) is 0 Å². The molecule has 0 amide bonds. The molecule has 4 nitrogen and oxygen atoms in total. The summed E-state index contributed by atoms with van der Waals surface area (Å²) in [5.74, 6) is -0.589. The standard InChI is InChI=1S/C10H13ClFNO3S/c11-9-7-8(12)3-4-10(9)17(15,16)13-5-1-2-6-14/h3-4,7,13-14H,1-2,5-6H2. The molecule has 1 rings (SSSR count). The first kappa shape index (κ1) is 14.4. The van der Waals surface area contributed by atoms with Gasteiger partial charge < -0.3 is 5.11 Å². The van der Waals surface area contributed by atoms with Gasteiger partial charge in [0.25, 0.3) is 0 Å². The molecule has 96 valence electrons. The van der Waals surface area contributed by atoms with Gasteiger partial charge >= 0.3 is 0 Å². The molecule has 0 radical (unpaired) electrons. The van der Waals surface area contributed by atoms with Crippen molar-refractivity contribution in [2.45, 2.75) is 17.7 Å². The lowest BCUT2D eigenvalue weighted by Crippen LogP contribution is -2.25. The van der Waals surface area contributed by atoms with E-state index in [1.54, 1.807) is 0 Å². The average molecular weight is 282 g/mol. The Bertz CT molecular complexity index is 478. The van der Waals surface area contributed by atoms with Crippen LogP contribution in [0, 0.1) is 5.82 Å². The minimum atomic E-state index is -3.72. The molecule has 0 saturated heterocycles. The SMILES string of the molecule is O=S(=O)(NCCCCO)c1ccc(F)cc1Cl. The smallest absolute Gasteiger partial charge is 0.242 e. The molecule has 1 aromatic carbocycles. The van der Waals surface area contributed by atoms with Gasteiger partial charge in [-0.1, -0.05) is 11.6 Å². The Morgan fingerprint density at radius 2 is 2.06 bits per heavy atom. The van der Waals surface area contributed by atoms with Gasteiger partial charge in [0.2, 0.25) is 10.0 Å². The zero-order valence-electron chi connectivity index (χ0n) is 8.99. The number of hydrogen-bond donors (Lipinski definition) is 2. The number of nitrogens with one attached hydrogen (secondary N) is 1. The summed E-state index contributed by atoms with van der Waals surface area (Å²) in [6.45, 7) is 0.218. The maximum absolute atomic E-state index is 12.8. The second kappa shape index (κ2) is 6.30. The summed E-state index contributed by atoms with van der Waals surface area (Å²) >= 11 is 5.65. The van der Waals surface area contributed by atoms with Crippen LogP contribution in [0.3, 0.4) is 0 Å². The Morgan fingerprint density at radius 1 is 1.35 bits per heavy atom. The number of unbranched alkanes of at least 4 members (excludes halogenated alkanes) is 1. The van der Waals surface area contributed by atoms with Crippen molar-refractivity contribution in [2.75, 3.05) is 13.2 Å². The Kier molecular flexibility index (Phi) is 5.32. The van der Waals surface area contributed by atoms with E-state index in [0.717, 1.165) is 18.2 Å². The highest BCUT2D eigenvalue weighted by atomic mass is 35.5. The van der Waals surface area contributed by atoms with Crippen LogP contribution in [0.1, 0.15) is 12.8 Å². The van der Waals surface area contributed by atoms with Crippen molar-refractivity contribution >= 4 is 21.6 Å². The molecule has 0 heterocycles. The number of rotatable bonds is 6. The van der Waals surface area contributed by atoms with Crippen LogP contribution in [0.2, 0.25) is 5.02 Å². The predicted molar refractivity (Wildman–Crippen MR) is 62.9 cm³/mol. The van der Waals surface area contributed by atoms with E-state index < -0.39 is 15.8 Å². The minimum Gasteiger partial charge on any atom is -0.396 e. The molecule has 0 spiro atoms. The quantitative estimate of drug-likeness (QED) is 0.777. The number of hydrogen-bond acceptors (Lipinski definition) is 3. The number of aliphatic hydroxyl groups is 1. The van der Waals surface area contributed by atoms with E-state index in [1.807, 2.05) is 0 Å². The summed E-state index contributed by atoms with van der Waals surface area (Å²) in [7, 11) is -3.72. The molecule has 0 aliphatic rings. The monoisotopic (exact) mass is 281 g/mol. The fourth-order valence-electron chi connectivity index (χ4n) is 1.21.